The van der Waals surface area contributed by atoms with Crippen LogP contribution in [0, 0.1) is 21.7 Å². The zero-order valence-electron chi connectivity index (χ0n) is 22.2. The van der Waals surface area contributed by atoms with E-state index in [1.54, 1.807) is 24.3 Å². The van der Waals surface area contributed by atoms with Crippen LogP contribution in [0.3, 0.4) is 0 Å². The molecule has 1 aliphatic rings. The van der Waals surface area contributed by atoms with E-state index < -0.39 is 58.1 Å². The van der Waals surface area contributed by atoms with Crippen LogP contribution >= 0.6 is 15.9 Å². The van der Waals surface area contributed by atoms with E-state index in [2.05, 4.69) is 26.6 Å². The average molecular weight is 646 g/mol. The molecular weight excluding hydrogens is 620 g/mol. The number of nitro groups is 1. The minimum atomic E-state index is -1.54. The number of nitro benzene ring substituents is 1. The topological polar surface area (TPSA) is 157 Å². The molecule has 0 saturated heterocycles. The molecule has 0 aromatic heterocycles. The van der Waals surface area contributed by atoms with Crippen molar-refractivity contribution in [3.05, 3.63) is 98.0 Å². The van der Waals surface area contributed by atoms with E-state index in [1.807, 2.05) is 0 Å². The van der Waals surface area contributed by atoms with E-state index in [4.69, 9.17) is 10.5 Å². The van der Waals surface area contributed by atoms with Crippen molar-refractivity contribution in [1.29, 1.82) is 0 Å². The summed E-state index contributed by atoms with van der Waals surface area (Å²) < 4.78 is 33.8. The highest BCUT2D eigenvalue weighted by molar-refractivity contribution is 9.10. The molecular formula is C28H26BrF2N5O6. The molecule has 4 rings (SSSR count). The van der Waals surface area contributed by atoms with Gasteiger partial charge in [-0.2, -0.15) is 0 Å². The second-order valence-electron chi connectivity index (χ2n) is 9.50. The number of urea groups is 1. The summed E-state index contributed by atoms with van der Waals surface area (Å²) in [6, 6.07) is 10.3. The maximum Gasteiger partial charge on any atom is 0.312 e. The third kappa shape index (κ3) is 7.00. The molecule has 14 heteroatoms. The fraction of sp³-hybridized carbons (Fsp3) is 0.250. The molecule has 1 saturated carbocycles. The zero-order valence-corrected chi connectivity index (χ0v) is 23.8. The van der Waals surface area contributed by atoms with Crippen molar-refractivity contribution < 1.29 is 32.8 Å². The van der Waals surface area contributed by atoms with E-state index in [9.17, 15) is 33.3 Å². The lowest BCUT2D eigenvalue weighted by molar-refractivity contribution is -0.385. The van der Waals surface area contributed by atoms with Crippen LogP contribution < -0.4 is 21.1 Å². The fourth-order valence-corrected chi connectivity index (χ4v) is 5.13. The van der Waals surface area contributed by atoms with Crippen molar-refractivity contribution in [2.75, 3.05) is 19.0 Å². The van der Waals surface area contributed by atoms with Crippen molar-refractivity contribution in [3.8, 4) is 5.75 Å². The van der Waals surface area contributed by atoms with Gasteiger partial charge in [0.1, 0.15) is 23.4 Å². The standard InChI is InChI=1S/C28H26BrF2N5O6/c1-42-18-6-4-17(5-7-18)34-27(38)26(20-8-2-15(29)12-24(20)36(40)41)35(25(37)10-11-33-28(32)39)23-14-21(23)19-9-3-16(30)13-22(19)31/h2-9,12-13,21,23,26H,10-11,14H2,1H3,(H,34,38)(H3,32,33,39)/t21-,23?,26?/m0/s1. The molecule has 0 aliphatic heterocycles. The SMILES string of the molecule is COc1ccc(NC(=O)C(c2ccc(Br)cc2[N+](=O)[O-])N(C(=O)CCNC(N)=O)C2C[C@H]2c2ccc(F)cc2F)cc1. The Morgan fingerprint density at radius 3 is 2.48 bits per heavy atom. The number of nitrogens with one attached hydrogen (secondary N) is 2. The van der Waals surface area contributed by atoms with Gasteiger partial charge in [0.05, 0.1) is 17.6 Å². The number of carbonyl (C=O) groups excluding carboxylic acids is 3. The smallest absolute Gasteiger partial charge is 0.312 e. The maximum atomic E-state index is 14.7. The largest absolute Gasteiger partial charge is 0.497 e. The van der Waals surface area contributed by atoms with Gasteiger partial charge in [0.15, 0.2) is 0 Å². The second kappa shape index (κ2) is 12.9. The number of anilines is 1. The number of carbonyl (C=O) groups is 3. The van der Waals surface area contributed by atoms with Crippen LogP contribution in [-0.2, 0) is 9.59 Å². The molecule has 1 fully saturated rings. The number of hydrogen-bond acceptors (Lipinski definition) is 6. The van der Waals surface area contributed by atoms with Gasteiger partial charge in [0.2, 0.25) is 5.91 Å². The van der Waals surface area contributed by atoms with E-state index >= 15 is 0 Å². The van der Waals surface area contributed by atoms with Gasteiger partial charge in [0.25, 0.3) is 11.6 Å². The van der Waals surface area contributed by atoms with Crippen molar-refractivity contribution in [3.63, 3.8) is 0 Å². The number of ether oxygens (including phenoxy) is 1. The lowest BCUT2D eigenvalue weighted by atomic mass is 10.00. The van der Waals surface area contributed by atoms with Crippen LogP contribution in [-0.4, -0.2) is 47.4 Å². The second-order valence-corrected chi connectivity index (χ2v) is 10.4. The number of benzene rings is 3. The van der Waals surface area contributed by atoms with E-state index in [-0.39, 0.29) is 30.5 Å². The Morgan fingerprint density at radius 1 is 1.14 bits per heavy atom. The first-order chi connectivity index (χ1) is 20.0. The molecule has 11 nitrogen and oxygen atoms in total. The number of amides is 4. The molecule has 3 atom stereocenters. The number of nitrogens with two attached hydrogens (primary N) is 1. The van der Waals surface area contributed by atoms with Crippen LogP contribution in [0.25, 0.3) is 0 Å². The summed E-state index contributed by atoms with van der Waals surface area (Å²) in [6.45, 7) is -0.178. The van der Waals surface area contributed by atoms with Gasteiger partial charge in [0, 0.05) is 47.2 Å². The number of methoxy groups -OCH3 is 1. The Balaban J connectivity index is 1.80. The number of halogens is 3. The quantitative estimate of drug-likeness (QED) is 0.201. The monoisotopic (exact) mass is 645 g/mol. The van der Waals surface area contributed by atoms with Gasteiger partial charge in [-0.05, 0) is 54.4 Å². The molecule has 0 spiro atoms. The molecule has 0 bridgehead atoms. The molecule has 1 aliphatic carbocycles. The normalized spacial score (nSPS) is 16.2. The van der Waals surface area contributed by atoms with Gasteiger partial charge in [-0.3, -0.25) is 19.7 Å². The maximum absolute atomic E-state index is 14.7. The van der Waals surface area contributed by atoms with E-state index in [0.29, 0.717) is 15.9 Å². The molecule has 0 radical (unpaired) electrons. The van der Waals surface area contributed by atoms with Crippen LogP contribution in [0.1, 0.15) is 35.9 Å². The minimum absolute atomic E-state index is 0.0874. The summed E-state index contributed by atoms with van der Waals surface area (Å²) in [7, 11) is 1.48. The summed E-state index contributed by atoms with van der Waals surface area (Å²) in [4.78, 5) is 51.5. The third-order valence-corrected chi connectivity index (χ3v) is 7.26. The number of primary amides is 1. The van der Waals surface area contributed by atoms with Crippen LogP contribution in [0.4, 0.5) is 25.0 Å². The number of hydrogen-bond donors (Lipinski definition) is 3. The molecule has 2 unspecified atom stereocenters. The first-order valence-electron chi connectivity index (χ1n) is 12.7. The molecule has 0 heterocycles. The Kier molecular flexibility index (Phi) is 9.35. The first-order valence-corrected chi connectivity index (χ1v) is 13.5. The third-order valence-electron chi connectivity index (χ3n) is 6.77. The van der Waals surface area contributed by atoms with Crippen molar-refractivity contribution in [1.82, 2.24) is 10.2 Å². The van der Waals surface area contributed by atoms with Gasteiger partial charge in [-0.25, -0.2) is 13.6 Å². The van der Waals surface area contributed by atoms with Gasteiger partial charge in [-0.15, -0.1) is 0 Å². The fourth-order valence-electron chi connectivity index (χ4n) is 4.78. The number of nitrogens with zero attached hydrogens (tertiary/aromatic N) is 2. The van der Waals surface area contributed by atoms with Crippen molar-refractivity contribution >= 4 is 45.2 Å². The molecule has 4 amide bonds. The highest BCUT2D eigenvalue weighted by atomic mass is 79.9. The molecule has 4 N–H and O–H groups in total. The first kappa shape index (κ1) is 30.4. The summed E-state index contributed by atoms with van der Waals surface area (Å²) in [5.41, 5.74) is 5.06. The van der Waals surface area contributed by atoms with Crippen LogP contribution in [0.5, 0.6) is 5.75 Å². The summed E-state index contributed by atoms with van der Waals surface area (Å²) >= 11 is 3.21. The lowest BCUT2D eigenvalue weighted by Gasteiger charge is -2.32. The highest BCUT2D eigenvalue weighted by Gasteiger charge is 2.51. The summed E-state index contributed by atoms with van der Waals surface area (Å²) in [6.07, 6.45) is -0.108. The van der Waals surface area contributed by atoms with Crippen LogP contribution in [0.2, 0.25) is 0 Å². The van der Waals surface area contributed by atoms with Crippen molar-refractivity contribution in [2.45, 2.75) is 30.8 Å². The Bertz CT molecular complexity index is 1520. The average Bonchev–Trinajstić information content (AvgIpc) is 3.71. The lowest BCUT2D eigenvalue weighted by Crippen LogP contribution is -2.44. The van der Waals surface area contributed by atoms with Gasteiger partial charge >= 0.3 is 6.03 Å². The summed E-state index contributed by atoms with van der Waals surface area (Å²) in [5, 5.41) is 17.1. The Labute approximate surface area is 247 Å². The molecule has 220 valence electrons. The minimum Gasteiger partial charge on any atom is -0.497 e. The molecule has 3 aromatic rings. The zero-order chi connectivity index (χ0) is 30.6. The van der Waals surface area contributed by atoms with Gasteiger partial charge < -0.3 is 26.0 Å². The predicted octanol–water partition coefficient (Wildman–Crippen LogP) is 4.77. The Morgan fingerprint density at radius 2 is 1.86 bits per heavy atom. The molecule has 42 heavy (non-hydrogen) atoms. The van der Waals surface area contributed by atoms with Crippen LogP contribution in [0.15, 0.2) is 65.1 Å². The highest BCUT2D eigenvalue weighted by Crippen LogP contribution is 2.49. The number of rotatable bonds is 11. The Hall–Kier alpha value is -4.59. The van der Waals surface area contributed by atoms with E-state index in [0.717, 1.165) is 12.1 Å². The molecule has 3 aromatic carbocycles. The summed E-state index contributed by atoms with van der Waals surface area (Å²) in [5.74, 6) is -3.11. The van der Waals surface area contributed by atoms with Gasteiger partial charge in [-0.1, -0.05) is 22.0 Å². The predicted molar refractivity (Wildman–Crippen MR) is 152 cm³/mol. The van der Waals surface area contributed by atoms with E-state index in [1.165, 1.54) is 36.3 Å². The van der Waals surface area contributed by atoms with Crippen molar-refractivity contribution in [2.24, 2.45) is 5.73 Å².